The number of amides is 1. The van der Waals surface area contributed by atoms with E-state index < -0.39 is 0 Å². The van der Waals surface area contributed by atoms with E-state index in [0.717, 1.165) is 56.8 Å². The molecule has 1 aromatic carbocycles. The first kappa shape index (κ1) is 21.9. The quantitative estimate of drug-likeness (QED) is 0.353. The molecule has 0 atom stereocenters. The number of benzene rings is 1. The van der Waals surface area contributed by atoms with Gasteiger partial charge in [0.05, 0.1) is 6.54 Å². The van der Waals surface area contributed by atoms with E-state index in [1.807, 2.05) is 17.9 Å². The Kier molecular flexibility index (Phi) is 8.31. The van der Waals surface area contributed by atoms with E-state index in [-0.39, 0.29) is 41.1 Å². The fourth-order valence-electron chi connectivity index (χ4n) is 3.49. The number of carbonyl (C=O) groups is 1. The minimum Gasteiger partial charge on any atom is -0.357 e. The zero-order valence-electron chi connectivity index (χ0n) is 16.0. The average Bonchev–Trinajstić information content (AvgIpc) is 3.22. The third-order valence-corrected chi connectivity index (χ3v) is 5.26. The molecule has 7 heteroatoms. The van der Waals surface area contributed by atoms with E-state index in [4.69, 9.17) is 4.99 Å². The smallest absolute Gasteiger partial charge is 0.224 e. The number of aliphatic imine (C=N–C) groups is 1. The van der Waals surface area contributed by atoms with Gasteiger partial charge in [-0.1, -0.05) is 12.1 Å². The third-order valence-electron chi connectivity index (χ3n) is 5.26. The molecule has 3 rings (SSSR count). The van der Waals surface area contributed by atoms with E-state index in [2.05, 4.69) is 10.6 Å². The molecule has 1 heterocycles. The first-order valence-corrected chi connectivity index (χ1v) is 9.69. The molecule has 1 saturated carbocycles. The summed E-state index contributed by atoms with van der Waals surface area (Å²) in [5, 5.41) is 6.48. The molecule has 2 N–H and O–H groups in total. The summed E-state index contributed by atoms with van der Waals surface area (Å²) < 4.78 is 13.5. The maximum Gasteiger partial charge on any atom is 0.224 e. The first-order valence-electron chi connectivity index (χ1n) is 9.69. The topological polar surface area (TPSA) is 56.7 Å². The molecule has 0 bridgehead atoms. The summed E-state index contributed by atoms with van der Waals surface area (Å²) in [6, 6.07) is 6.85. The fraction of sp³-hybridized carbons (Fsp3) is 0.600. The fourth-order valence-corrected chi connectivity index (χ4v) is 3.49. The molecule has 150 valence electrons. The lowest BCUT2D eigenvalue weighted by Crippen LogP contribution is -2.40. The molecule has 0 spiro atoms. The van der Waals surface area contributed by atoms with Gasteiger partial charge in [0.2, 0.25) is 5.91 Å². The highest BCUT2D eigenvalue weighted by Crippen LogP contribution is 2.48. The van der Waals surface area contributed by atoms with Crippen molar-refractivity contribution < 1.29 is 9.18 Å². The van der Waals surface area contributed by atoms with Crippen LogP contribution in [0.3, 0.4) is 0 Å². The molecule has 27 heavy (non-hydrogen) atoms. The van der Waals surface area contributed by atoms with Gasteiger partial charge >= 0.3 is 0 Å². The Hall–Kier alpha value is -1.38. The molecule has 0 radical (unpaired) electrons. The van der Waals surface area contributed by atoms with E-state index in [1.54, 1.807) is 12.1 Å². The van der Waals surface area contributed by atoms with Gasteiger partial charge < -0.3 is 15.5 Å². The number of guanidine groups is 1. The summed E-state index contributed by atoms with van der Waals surface area (Å²) in [5.74, 6) is 0.747. The van der Waals surface area contributed by atoms with Crippen LogP contribution in [0.2, 0.25) is 0 Å². The molecule has 2 aliphatic rings. The van der Waals surface area contributed by atoms with Gasteiger partial charge in [-0.2, -0.15) is 0 Å². The van der Waals surface area contributed by atoms with Gasteiger partial charge in [0.15, 0.2) is 5.96 Å². The van der Waals surface area contributed by atoms with Crippen LogP contribution in [0.4, 0.5) is 4.39 Å². The molecule has 0 unspecified atom stereocenters. The van der Waals surface area contributed by atoms with Crippen molar-refractivity contribution in [3.63, 3.8) is 0 Å². The third kappa shape index (κ3) is 6.05. The van der Waals surface area contributed by atoms with Gasteiger partial charge in [-0.3, -0.25) is 9.79 Å². The Morgan fingerprint density at radius 3 is 2.63 bits per heavy atom. The normalized spacial score (nSPS) is 18.0. The number of hydrogen-bond acceptors (Lipinski definition) is 2. The van der Waals surface area contributed by atoms with Crippen LogP contribution >= 0.6 is 24.0 Å². The molecule has 0 aromatic heterocycles. The van der Waals surface area contributed by atoms with Crippen LogP contribution in [-0.2, 0) is 10.2 Å². The standard InChI is InChI=1S/C20H29FN4O.HI/c1-2-22-19(23-11-8-18(26)25-12-3-4-13-25)24-15-20(9-10-20)16-6-5-7-17(21)14-16;/h5-7,14H,2-4,8-13,15H2,1H3,(H2,22,23,24);1H. The van der Waals surface area contributed by atoms with Crippen molar-refractivity contribution in [2.45, 2.75) is 44.4 Å². The number of rotatable bonds is 7. The number of carbonyl (C=O) groups excluding carboxylic acids is 1. The highest BCUT2D eigenvalue weighted by atomic mass is 127. The number of hydrogen-bond donors (Lipinski definition) is 2. The maximum atomic E-state index is 13.5. The minimum absolute atomic E-state index is 0. The van der Waals surface area contributed by atoms with E-state index in [0.29, 0.717) is 19.5 Å². The van der Waals surface area contributed by atoms with Gasteiger partial charge in [0.25, 0.3) is 0 Å². The molecule has 2 fully saturated rings. The highest BCUT2D eigenvalue weighted by molar-refractivity contribution is 14.0. The maximum absolute atomic E-state index is 13.5. The summed E-state index contributed by atoms with van der Waals surface area (Å²) in [7, 11) is 0. The lowest BCUT2D eigenvalue weighted by molar-refractivity contribution is -0.129. The zero-order valence-corrected chi connectivity index (χ0v) is 18.3. The van der Waals surface area contributed by atoms with E-state index >= 15 is 0 Å². The van der Waals surface area contributed by atoms with Gasteiger partial charge in [-0.25, -0.2) is 4.39 Å². The van der Waals surface area contributed by atoms with E-state index in [1.165, 1.54) is 6.07 Å². The Morgan fingerprint density at radius 2 is 2.00 bits per heavy atom. The lowest BCUT2D eigenvalue weighted by atomic mass is 9.96. The summed E-state index contributed by atoms with van der Waals surface area (Å²) in [4.78, 5) is 18.8. The molecule has 5 nitrogen and oxygen atoms in total. The second-order valence-corrected chi connectivity index (χ2v) is 7.25. The SMILES string of the molecule is CCNC(=NCC1(c2cccc(F)c2)CC1)NCCC(=O)N1CCCC1.I. The number of nitrogens with zero attached hydrogens (tertiary/aromatic N) is 2. The van der Waals surface area contributed by atoms with Crippen molar-refractivity contribution in [2.75, 3.05) is 32.7 Å². The Bertz CT molecular complexity index is 657. The van der Waals surface area contributed by atoms with Crippen molar-refractivity contribution in [3.8, 4) is 0 Å². The summed E-state index contributed by atoms with van der Waals surface area (Å²) >= 11 is 0. The summed E-state index contributed by atoms with van der Waals surface area (Å²) in [6.07, 6.45) is 4.79. The molecule has 1 saturated heterocycles. The molecule has 1 aliphatic carbocycles. The molecular weight excluding hydrogens is 458 g/mol. The van der Waals surface area contributed by atoms with Crippen LogP contribution in [0.15, 0.2) is 29.3 Å². The van der Waals surface area contributed by atoms with Gasteiger partial charge in [-0.05, 0) is 50.3 Å². The lowest BCUT2D eigenvalue weighted by Gasteiger charge is -2.17. The van der Waals surface area contributed by atoms with Crippen molar-refractivity contribution in [2.24, 2.45) is 4.99 Å². The zero-order chi connectivity index (χ0) is 18.4. The minimum atomic E-state index is -0.191. The average molecular weight is 488 g/mol. The van der Waals surface area contributed by atoms with Gasteiger partial charge in [0.1, 0.15) is 5.82 Å². The Balaban J connectivity index is 0.00000261. The van der Waals surface area contributed by atoms with Crippen LogP contribution < -0.4 is 10.6 Å². The largest absolute Gasteiger partial charge is 0.357 e. The Morgan fingerprint density at radius 1 is 1.26 bits per heavy atom. The Labute approximate surface area is 178 Å². The van der Waals surface area contributed by atoms with Crippen LogP contribution in [0, 0.1) is 5.82 Å². The molecule has 1 aliphatic heterocycles. The summed E-state index contributed by atoms with van der Waals surface area (Å²) in [6.45, 7) is 5.77. The number of nitrogens with one attached hydrogen (secondary N) is 2. The van der Waals surface area contributed by atoms with Crippen molar-refractivity contribution in [3.05, 3.63) is 35.6 Å². The van der Waals surface area contributed by atoms with Crippen LogP contribution in [-0.4, -0.2) is 49.5 Å². The summed E-state index contributed by atoms with van der Waals surface area (Å²) in [5.41, 5.74) is 0.997. The highest BCUT2D eigenvalue weighted by Gasteiger charge is 2.44. The molecule has 1 aromatic rings. The van der Waals surface area contributed by atoms with Crippen LogP contribution in [0.25, 0.3) is 0 Å². The van der Waals surface area contributed by atoms with Crippen LogP contribution in [0.1, 0.15) is 44.6 Å². The predicted octanol–water partition coefficient (Wildman–Crippen LogP) is 3.04. The van der Waals surface area contributed by atoms with Crippen molar-refractivity contribution >= 4 is 35.8 Å². The van der Waals surface area contributed by atoms with Crippen molar-refractivity contribution in [1.82, 2.24) is 15.5 Å². The number of likely N-dealkylation sites (tertiary alicyclic amines) is 1. The second kappa shape index (κ2) is 10.2. The number of halogens is 2. The monoisotopic (exact) mass is 488 g/mol. The molecule has 1 amide bonds. The van der Waals surface area contributed by atoms with E-state index in [9.17, 15) is 9.18 Å². The first-order chi connectivity index (χ1) is 12.6. The van der Waals surface area contributed by atoms with Crippen molar-refractivity contribution in [1.29, 1.82) is 0 Å². The molecular formula is C20H30FIN4O. The van der Waals surface area contributed by atoms with Gasteiger partial charge in [0, 0.05) is 38.0 Å². The van der Waals surface area contributed by atoms with Crippen LogP contribution in [0.5, 0.6) is 0 Å². The predicted molar refractivity (Wildman–Crippen MR) is 117 cm³/mol. The van der Waals surface area contributed by atoms with Gasteiger partial charge in [-0.15, -0.1) is 24.0 Å². The second-order valence-electron chi connectivity index (χ2n) is 7.25.